The molecule has 30 heavy (non-hydrogen) atoms. The van der Waals surface area contributed by atoms with Gasteiger partial charge in [0.2, 0.25) is 0 Å². The number of piperidine rings is 1. The highest BCUT2D eigenvalue weighted by Gasteiger charge is 2.30. The summed E-state index contributed by atoms with van der Waals surface area (Å²) in [5.41, 5.74) is -0.646. The number of carbonyl (C=O) groups is 1. The van der Waals surface area contributed by atoms with E-state index in [0.29, 0.717) is 6.54 Å². The van der Waals surface area contributed by atoms with Crippen LogP contribution < -0.4 is 5.32 Å². The van der Waals surface area contributed by atoms with Crippen LogP contribution in [0, 0.1) is 11.3 Å². The maximum absolute atomic E-state index is 12.9. The average molecular weight is 417 g/mol. The van der Waals surface area contributed by atoms with Gasteiger partial charge >= 0.3 is 6.18 Å². The van der Waals surface area contributed by atoms with Crippen LogP contribution in [0.3, 0.4) is 0 Å². The summed E-state index contributed by atoms with van der Waals surface area (Å²) in [5, 5.41) is 12.0. The normalized spacial score (nSPS) is 15.6. The molecular formula is C22H22F3N3O2. The lowest BCUT2D eigenvalue weighted by atomic mass is 10.1. The van der Waals surface area contributed by atoms with E-state index in [1.165, 1.54) is 36.8 Å². The van der Waals surface area contributed by atoms with Crippen LogP contribution in [0.5, 0.6) is 0 Å². The summed E-state index contributed by atoms with van der Waals surface area (Å²) in [6.45, 7) is 3.19. The zero-order valence-electron chi connectivity index (χ0n) is 16.3. The van der Waals surface area contributed by atoms with Crippen molar-refractivity contribution >= 4 is 12.0 Å². The van der Waals surface area contributed by atoms with Crippen LogP contribution in [0.1, 0.15) is 30.6 Å². The van der Waals surface area contributed by atoms with E-state index >= 15 is 0 Å². The van der Waals surface area contributed by atoms with Gasteiger partial charge in [0, 0.05) is 24.7 Å². The van der Waals surface area contributed by atoms with E-state index in [9.17, 15) is 23.2 Å². The second kappa shape index (κ2) is 9.63. The molecule has 5 nitrogen and oxygen atoms in total. The summed E-state index contributed by atoms with van der Waals surface area (Å²) in [7, 11) is 0. The Balaban J connectivity index is 1.64. The number of hydrogen-bond donors (Lipinski definition) is 1. The molecule has 1 aromatic carbocycles. The Labute approximate surface area is 172 Å². The minimum atomic E-state index is -4.45. The van der Waals surface area contributed by atoms with Crippen LogP contribution >= 0.6 is 0 Å². The summed E-state index contributed by atoms with van der Waals surface area (Å²) < 4.78 is 44.2. The number of hydrogen-bond acceptors (Lipinski definition) is 4. The minimum absolute atomic E-state index is 0.126. The highest BCUT2D eigenvalue weighted by molar-refractivity contribution is 6.01. The molecule has 0 radical (unpaired) electrons. The average Bonchev–Trinajstić information content (AvgIpc) is 3.21. The van der Waals surface area contributed by atoms with Crippen LogP contribution in [0.4, 0.5) is 13.2 Å². The first-order valence-electron chi connectivity index (χ1n) is 9.76. The van der Waals surface area contributed by atoms with Crippen molar-refractivity contribution in [1.82, 2.24) is 10.2 Å². The Morgan fingerprint density at radius 2 is 1.97 bits per heavy atom. The molecule has 1 fully saturated rings. The molecule has 0 atom stereocenters. The third kappa shape index (κ3) is 5.74. The monoisotopic (exact) mass is 417 g/mol. The Morgan fingerprint density at radius 3 is 2.67 bits per heavy atom. The Bertz CT molecular complexity index is 951. The first kappa shape index (κ1) is 21.7. The van der Waals surface area contributed by atoms with Gasteiger partial charge in [0.25, 0.3) is 5.91 Å². The first-order chi connectivity index (χ1) is 14.4. The van der Waals surface area contributed by atoms with Crippen LogP contribution in [0.2, 0.25) is 0 Å². The van der Waals surface area contributed by atoms with E-state index in [4.69, 9.17) is 4.42 Å². The van der Waals surface area contributed by atoms with E-state index in [2.05, 4.69) is 10.2 Å². The zero-order chi connectivity index (χ0) is 21.6. The van der Waals surface area contributed by atoms with Gasteiger partial charge in [-0.05, 0) is 50.2 Å². The fourth-order valence-electron chi connectivity index (χ4n) is 3.33. The van der Waals surface area contributed by atoms with Gasteiger partial charge in [0.15, 0.2) is 0 Å². The predicted octanol–water partition coefficient (Wildman–Crippen LogP) is 4.47. The molecule has 0 unspecified atom stereocenters. The third-order valence-electron chi connectivity index (χ3n) is 4.92. The van der Waals surface area contributed by atoms with Crippen molar-refractivity contribution in [2.75, 3.05) is 26.2 Å². The molecule has 0 bridgehead atoms. The fraction of sp³-hybridized carbons (Fsp3) is 0.364. The number of amides is 1. The Hall–Kier alpha value is -3.05. The number of carbonyl (C=O) groups excluding carboxylic acids is 1. The van der Waals surface area contributed by atoms with E-state index in [0.717, 1.165) is 44.6 Å². The smallest absolute Gasteiger partial charge is 0.416 e. The number of furan rings is 1. The van der Waals surface area contributed by atoms with Crippen molar-refractivity contribution in [3.8, 4) is 17.4 Å². The number of rotatable bonds is 6. The second-order valence-corrected chi connectivity index (χ2v) is 7.11. The Morgan fingerprint density at radius 1 is 1.20 bits per heavy atom. The number of alkyl halides is 3. The maximum Gasteiger partial charge on any atom is 0.416 e. The molecule has 1 aromatic heterocycles. The highest BCUT2D eigenvalue weighted by atomic mass is 19.4. The molecule has 1 N–H and O–H groups in total. The molecule has 1 amide bonds. The SMILES string of the molecule is N#CC(=Cc1ccc(-c2cccc(C(F)(F)F)c2)o1)C(=O)NCCN1CCCCC1. The van der Waals surface area contributed by atoms with Gasteiger partial charge in [-0.1, -0.05) is 18.6 Å². The molecule has 1 saturated heterocycles. The van der Waals surface area contributed by atoms with Gasteiger partial charge < -0.3 is 14.6 Å². The van der Waals surface area contributed by atoms with Crippen molar-refractivity contribution in [1.29, 1.82) is 5.26 Å². The third-order valence-corrected chi connectivity index (χ3v) is 4.92. The molecule has 2 heterocycles. The highest BCUT2D eigenvalue weighted by Crippen LogP contribution is 2.32. The summed E-state index contributed by atoms with van der Waals surface area (Å²) in [5.74, 6) is -0.0770. The van der Waals surface area contributed by atoms with Gasteiger partial charge in [-0.15, -0.1) is 0 Å². The van der Waals surface area contributed by atoms with Crippen LogP contribution in [0.15, 0.2) is 46.4 Å². The van der Waals surface area contributed by atoms with Crippen LogP contribution in [-0.2, 0) is 11.0 Å². The van der Waals surface area contributed by atoms with E-state index in [1.807, 2.05) is 6.07 Å². The Kier molecular flexibility index (Phi) is 6.95. The second-order valence-electron chi connectivity index (χ2n) is 7.11. The summed E-state index contributed by atoms with van der Waals surface area (Å²) in [6, 6.07) is 9.63. The summed E-state index contributed by atoms with van der Waals surface area (Å²) >= 11 is 0. The molecule has 2 aromatic rings. The lowest BCUT2D eigenvalue weighted by Crippen LogP contribution is -2.37. The van der Waals surface area contributed by atoms with Crippen molar-refractivity contribution in [2.45, 2.75) is 25.4 Å². The van der Waals surface area contributed by atoms with Crippen molar-refractivity contribution in [3.05, 3.63) is 53.3 Å². The van der Waals surface area contributed by atoms with Crippen LogP contribution in [0.25, 0.3) is 17.4 Å². The number of nitriles is 1. The summed E-state index contributed by atoms with van der Waals surface area (Å²) in [4.78, 5) is 14.5. The quantitative estimate of drug-likeness (QED) is 0.556. The molecule has 3 rings (SSSR count). The van der Waals surface area contributed by atoms with E-state index in [1.54, 1.807) is 0 Å². The molecule has 0 aliphatic carbocycles. The molecular weight excluding hydrogens is 395 g/mol. The first-order valence-corrected chi connectivity index (χ1v) is 9.76. The largest absolute Gasteiger partial charge is 0.457 e. The lowest BCUT2D eigenvalue weighted by Gasteiger charge is -2.26. The number of likely N-dealkylation sites (tertiary alicyclic amines) is 1. The van der Waals surface area contributed by atoms with Gasteiger partial charge in [-0.2, -0.15) is 18.4 Å². The van der Waals surface area contributed by atoms with Gasteiger partial charge in [0.1, 0.15) is 23.2 Å². The zero-order valence-corrected chi connectivity index (χ0v) is 16.3. The summed E-state index contributed by atoms with van der Waals surface area (Å²) in [6.07, 6.45) is 0.378. The lowest BCUT2D eigenvalue weighted by molar-refractivity contribution is -0.137. The predicted molar refractivity (Wildman–Crippen MR) is 106 cm³/mol. The molecule has 1 aliphatic heterocycles. The molecule has 1 aliphatic rings. The molecule has 8 heteroatoms. The maximum atomic E-state index is 12.9. The molecule has 158 valence electrons. The number of benzene rings is 1. The molecule has 0 saturated carbocycles. The van der Waals surface area contributed by atoms with Crippen molar-refractivity contribution in [3.63, 3.8) is 0 Å². The van der Waals surface area contributed by atoms with E-state index < -0.39 is 17.6 Å². The van der Waals surface area contributed by atoms with E-state index in [-0.39, 0.29) is 22.7 Å². The minimum Gasteiger partial charge on any atom is -0.457 e. The topological polar surface area (TPSA) is 69.3 Å². The van der Waals surface area contributed by atoms with Gasteiger partial charge in [-0.3, -0.25) is 4.79 Å². The van der Waals surface area contributed by atoms with Gasteiger partial charge in [0.05, 0.1) is 5.56 Å². The van der Waals surface area contributed by atoms with Gasteiger partial charge in [-0.25, -0.2) is 0 Å². The fourth-order valence-corrected chi connectivity index (χ4v) is 3.33. The number of nitrogens with one attached hydrogen (secondary N) is 1. The standard InChI is InChI=1S/C22H22F3N3O2/c23-22(24,25)18-6-4-5-16(13-18)20-8-7-19(30-20)14-17(15-26)21(29)27-9-12-28-10-2-1-3-11-28/h4-8,13-14H,1-3,9-12H2,(H,27,29). The molecule has 0 spiro atoms. The number of nitrogens with zero attached hydrogens (tertiary/aromatic N) is 2. The van der Waals surface area contributed by atoms with Crippen molar-refractivity contribution < 1.29 is 22.4 Å². The van der Waals surface area contributed by atoms with Crippen LogP contribution in [-0.4, -0.2) is 37.0 Å². The number of halogens is 3. The van der Waals surface area contributed by atoms with Crippen molar-refractivity contribution in [2.24, 2.45) is 0 Å².